The molecule has 1 aromatic heterocycles. The van der Waals surface area contributed by atoms with Crippen LogP contribution in [-0.4, -0.2) is 66.2 Å². The first-order chi connectivity index (χ1) is 14.7. The fourth-order valence-corrected chi connectivity index (χ4v) is 6.10. The van der Waals surface area contributed by atoms with Crippen LogP contribution >= 0.6 is 35.8 Å². The summed E-state index contributed by atoms with van der Waals surface area (Å²) in [5.74, 6) is -1.30. The highest BCUT2D eigenvalue weighted by Crippen LogP contribution is 2.27. The van der Waals surface area contributed by atoms with E-state index in [1.165, 1.54) is 4.90 Å². The van der Waals surface area contributed by atoms with Crippen molar-refractivity contribution in [2.24, 2.45) is 0 Å². The topological polar surface area (TPSA) is 57.7 Å². The van der Waals surface area contributed by atoms with Gasteiger partial charge >= 0.3 is 0 Å². The van der Waals surface area contributed by atoms with Crippen LogP contribution in [0.15, 0.2) is 60.0 Å². The first-order valence-electron chi connectivity index (χ1n) is 9.42. The van der Waals surface area contributed by atoms with Crippen LogP contribution in [0.25, 0.3) is 10.1 Å². The van der Waals surface area contributed by atoms with Crippen molar-refractivity contribution in [2.45, 2.75) is 0 Å². The number of carbonyl (C=O) groups is 1. The Morgan fingerprint density at radius 3 is 2.29 bits per heavy atom. The number of rotatable bonds is 8. The molecule has 0 saturated carbocycles. The van der Waals surface area contributed by atoms with Gasteiger partial charge in [0.1, 0.15) is 21.6 Å². The van der Waals surface area contributed by atoms with Crippen molar-refractivity contribution in [3.63, 3.8) is 0 Å². The van der Waals surface area contributed by atoms with Crippen molar-refractivity contribution in [2.75, 3.05) is 32.3 Å². The fraction of sp³-hybridized carbons (Fsp3) is 0.227. The van der Waals surface area contributed by atoms with Gasteiger partial charge in [-0.25, -0.2) is 8.42 Å². The summed E-state index contributed by atoms with van der Waals surface area (Å²) in [6, 6.07) is 17.1. The average Bonchev–Trinajstić information content (AvgIpc) is 3.16. The molecule has 0 radical (unpaired) electrons. The predicted molar refractivity (Wildman–Crippen MR) is 136 cm³/mol. The normalized spacial score (nSPS) is 11.3. The van der Waals surface area contributed by atoms with Crippen LogP contribution in [0, 0.1) is 0 Å². The second kappa shape index (κ2) is 9.95. The van der Waals surface area contributed by atoms with E-state index < -0.39 is 21.4 Å². The van der Waals surface area contributed by atoms with Crippen LogP contribution in [0.1, 0.15) is 11.1 Å². The van der Waals surface area contributed by atoms with Gasteiger partial charge in [0.2, 0.25) is 0 Å². The molecule has 3 rings (SSSR count). The van der Waals surface area contributed by atoms with Gasteiger partial charge < -0.3 is 9.80 Å². The summed E-state index contributed by atoms with van der Waals surface area (Å²) in [7, 11) is -0.367. The van der Waals surface area contributed by atoms with E-state index in [1.807, 2.05) is 60.0 Å². The number of ketones is 1. The van der Waals surface area contributed by atoms with Gasteiger partial charge in [0.05, 0.1) is 6.54 Å². The molecule has 0 atom stereocenters. The number of nitrogens with zero attached hydrogens (tertiary/aromatic N) is 2. The monoisotopic (exact) mass is 490 g/mol. The zero-order valence-electron chi connectivity index (χ0n) is 17.1. The van der Waals surface area contributed by atoms with E-state index in [4.69, 9.17) is 24.4 Å². The number of Topliss-reactive ketones (excluding diaryl/α,β-unsaturated/α-hetero) is 1. The van der Waals surface area contributed by atoms with Gasteiger partial charge in [-0.2, -0.15) is 0 Å². The summed E-state index contributed by atoms with van der Waals surface area (Å²) >= 11 is 12.5. The van der Waals surface area contributed by atoms with E-state index in [0.717, 1.165) is 21.2 Å². The number of carbonyl (C=O) groups excluding carboxylic acids is 1. The Bertz CT molecular complexity index is 1220. The molecular weight excluding hydrogens is 469 g/mol. The summed E-state index contributed by atoms with van der Waals surface area (Å²) in [4.78, 5) is 16.5. The lowest BCUT2D eigenvalue weighted by molar-refractivity contribution is -0.116. The van der Waals surface area contributed by atoms with Crippen molar-refractivity contribution in [1.82, 2.24) is 9.80 Å². The molecule has 0 unspecified atom stereocenters. The zero-order valence-corrected chi connectivity index (χ0v) is 20.4. The van der Waals surface area contributed by atoms with E-state index in [0.29, 0.717) is 9.98 Å². The lowest BCUT2D eigenvalue weighted by Crippen LogP contribution is -2.37. The number of thiophene rings is 1. The molecule has 9 heteroatoms. The molecule has 0 aliphatic carbocycles. The summed E-state index contributed by atoms with van der Waals surface area (Å²) in [5, 5.41) is 2.93. The van der Waals surface area contributed by atoms with Gasteiger partial charge in [0.25, 0.3) is 0 Å². The molecule has 0 aliphatic rings. The van der Waals surface area contributed by atoms with E-state index in [-0.39, 0.29) is 12.4 Å². The smallest absolute Gasteiger partial charge is 0.175 e. The van der Waals surface area contributed by atoms with Crippen LogP contribution in [0.5, 0.6) is 0 Å². The molecule has 0 N–H and O–H groups in total. The Balaban J connectivity index is 1.60. The minimum Gasteiger partial charge on any atom is -0.358 e. The van der Waals surface area contributed by atoms with Crippen LogP contribution in [0.2, 0.25) is 0 Å². The third kappa shape index (κ3) is 5.94. The maximum Gasteiger partial charge on any atom is 0.175 e. The predicted octanol–water partition coefficient (Wildman–Crippen LogP) is 3.76. The second-order valence-electron chi connectivity index (χ2n) is 7.23. The first-order valence-corrected chi connectivity index (χ1v) is 12.9. The molecule has 31 heavy (non-hydrogen) atoms. The largest absolute Gasteiger partial charge is 0.358 e. The number of sulfone groups is 1. The molecule has 0 saturated heterocycles. The number of hydrogen-bond acceptors (Lipinski definition) is 6. The van der Waals surface area contributed by atoms with Gasteiger partial charge in [0, 0.05) is 40.7 Å². The molecule has 0 aliphatic heterocycles. The molecule has 0 bridgehead atoms. The quantitative estimate of drug-likeness (QED) is 0.446. The van der Waals surface area contributed by atoms with Crippen molar-refractivity contribution in [3.05, 3.63) is 71.1 Å². The highest BCUT2D eigenvalue weighted by atomic mass is 32.2. The maximum atomic E-state index is 12.6. The lowest BCUT2D eigenvalue weighted by atomic mass is 10.2. The molecule has 2 aromatic carbocycles. The lowest BCUT2D eigenvalue weighted by Gasteiger charge is -2.21. The van der Waals surface area contributed by atoms with E-state index in [1.54, 1.807) is 30.3 Å². The minimum atomic E-state index is -3.68. The fourth-order valence-electron chi connectivity index (χ4n) is 3.18. The number of hydrogen-bond donors (Lipinski definition) is 0. The molecule has 3 aromatic rings. The Hall–Kier alpha value is -2.20. The summed E-state index contributed by atoms with van der Waals surface area (Å²) < 4.78 is 26.4. The standard InChI is InChI=1S/C22H22N2O3S4/c1-23(21(28)16-8-4-3-5-9-16)12-17(25)14-31(26,27)15-24(2)22(29)19-13-30-20-11-7-6-10-18(19)20/h3-11,13H,12,14-15H2,1-2H3. The van der Waals surface area contributed by atoms with Gasteiger partial charge in [-0.1, -0.05) is 73.0 Å². The summed E-state index contributed by atoms with van der Waals surface area (Å²) in [6.07, 6.45) is 0. The molecule has 5 nitrogen and oxygen atoms in total. The van der Waals surface area contributed by atoms with E-state index >= 15 is 0 Å². The highest BCUT2D eigenvalue weighted by molar-refractivity contribution is 7.92. The Kier molecular flexibility index (Phi) is 7.53. The minimum absolute atomic E-state index is 0.0731. The Labute approximate surface area is 197 Å². The number of benzene rings is 2. The molecule has 162 valence electrons. The maximum absolute atomic E-state index is 12.6. The molecule has 0 amide bonds. The van der Waals surface area contributed by atoms with Crippen LogP contribution < -0.4 is 0 Å². The third-order valence-corrected chi connectivity index (χ3v) is 8.20. The SMILES string of the molecule is CN(CC(=O)CS(=O)(=O)CN(C)C(=S)c1csc2ccccc12)C(=S)c1ccccc1. The number of likely N-dealkylation sites (N-methyl/N-ethyl adjacent to an activating group) is 1. The van der Waals surface area contributed by atoms with Crippen molar-refractivity contribution < 1.29 is 13.2 Å². The van der Waals surface area contributed by atoms with Crippen LogP contribution in [-0.2, 0) is 14.6 Å². The van der Waals surface area contributed by atoms with Crippen LogP contribution in [0.4, 0.5) is 0 Å². The second-order valence-corrected chi connectivity index (χ2v) is 11.0. The molecule has 0 fully saturated rings. The Morgan fingerprint density at radius 1 is 0.935 bits per heavy atom. The van der Waals surface area contributed by atoms with Crippen molar-refractivity contribution in [3.8, 4) is 0 Å². The molecule has 0 spiro atoms. The zero-order chi connectivity index (χ0) is 22.6. The van der Waals surface area contributed by atoms with E-state index in [9.17, 15) is 13.2 Å². The van der Waals surface area contributed by atoms with Crippen LogP contribution in [0.3, 0.4) is 0 Å². The van der Waals surface area contributed by atoms with Gasteiger partial charge in [0.15, 0.2) is 15.6 Å². The number of fused-ring (bicyclic) bond motifs is 1. The Morgan fingerprint density at radius 2 is 1.58 bits per heavy atom. The molecular formula is C22H22N2O3S4. The number of thiocarbonyl (C=S) groups is 2. The average molecular weight is 491 g/mol. The first kappa shape index (κ1) is 23.5. The van der Waals surface area contributed by atoms with E-state index in [2.05, 4.69) is 0 Å². The van der Waals surface area contributed by atoms with Gasteiger partial charge in [-0.05, 0) is 6.07 Å². The summed E-state index contributed by atoms with van der Waals surface area (Å²) in [6.45, 7) is -0.0731. The van der Waals surface area contributed by atoms with Crippen molar-refractivity contribution in [1.29, 1.82) is 0 Å². The molecule has 1 heterocycles. The highest BCUT2D eigenvalue weighted by Gasteiger charge is 2.23. The van der Waals surface area contributed by atoms with Gasteiger partial charge in [-0.3, -0.25) is 4.79 Å². The summed E-state index contributed by atoms with van der Waals surface area (Å²) in [5.41, 5.74) is 1.64. The van der Waals surface area contributed by atoms with Gasteiger partial charge in [-0.15, -0.1) is 11.3 Å². The third-order valence-electron chi connectivity index (χ3n) is 4.61. The van der Waals surface area contributed by atoms with Crippen molar-refractivity contribution >= 4 is 71.5 Å².